The predicted molar refractivity (Wildman–Crippen MR) is 139 cm³/mol. The minimum Gasteiger partial charge on any atom is -0.480 e. The van der Waals surface area contributed by atoms with Crippen molar-refractivity contribution in [3.05, 3.63) is 59.1 Å². The van der Waals surface area contributed by atoms with Crippen molar-refractivity contribution in [2.45, 2.75) is 56.4 Å². The van der Waals surface area contributed by atoms with E-state index in [2.05, 4.69) is 30.8 Å². The zero-order valence-corrected chi connectivity index (χ0v) is 21.5. The Kier molecular flexibility index (Phi) is 6.84. The topological polar surface area (TPSA) is 61.1 Å². The lowest BCUT2D eigenvalue weighted by Crippen LogP contribution is -2.43. The predicted octanol–water partition coefficient (Wildman–Crippen LogP) is 5.07. The van der Waals surface area contributed by atoms with Crippen molar-refractivity contribution < 1.29 is 14.3 Å². The highest BCUT2D eigenvalue weighted by molar-refractivity contribution is 7.15. The van der Waals surface area contributed by atoms with Crippen LogP contribution in [0, 0.1) is 17.7 Å². The Morgan fingerprint density at radius 2 is 2.03 bits per heavy atom. The van der Waals surface area contributed by atoms with Gasteiger partial charge in [0.2, 0.25) is 0 Å². The zero-order valence-electron chi connectivity index (χ0n) is 20.6. The van der Waals surface area contributed by atoms with Crippen molar-refractivity contribution in [2.24, 2.45) is 11.8 Å². The number of imidazole rings is 1. The fraction of sp³-hybridized carbons (Fsp3) is 0.571. The maximum absolute atomic E-state index is 14.2. The third-order valence-electron chi connectivity index (χ3n) is 8.93. The normalized spacial score (nSPS) is 25.4. The zero-order chi connectivity index (χ0) is 24.6. The van der Waals surface area contributed by atoms with Gasteiger partial charge in [0.15, 0.2) is 4.96 Å². The van der Waals surface area contributed by atoms with Crippen LogP contribution < -0.4 is 0 Å². The molecule has 1 saturated carbocycles. The van der Waals surface area contributed by atoms with Gasteiger partial charge in [0.1, 0.15) is 11.9 Å². The summed E-state index contributed by atoms with van der Waals surface area (Å²) in [5, 5.41) is 12.2. The van der Waals surface area contributed by atoms with Crippen LogP contribution in [0.4, 0.5) is 4.39 Å². The minimum atomic E-state index is -0.707. The van der Waals surface area contributed by atoms with E-state index in [0.717, 1.165) is 68.8 Å². The van der Waals surface area contributed by atoms with Crippen LogP contribution >= 0.6 is 11.3 Å². The number of carboxylic acids is 1. The van der Waals surface area contributed by atoms with E-state index < -0.39 is 12.0 Å². The van der Waals surface area contributed by atoms with E-state index in [4.69, 9.17) is 0 Å². The van der Waals surface area contributed by atoms with Crippen LogP contribution in [0.3, 0.4) is 0 Å². The van der Waals surface area contributed by atoms with E-state index in [9.17, 15) is 14.3 Å². The largest absolute Gasteiger partial charge is 0.480 e. The molecule has 1 N–H and O–H groups in total. The van der Waals surface area contributed by atoms with Crippen LogP contribution in [0.5, 0.6) is 0 Å². The molecule has 3 fully saturated rings. The van der Waals surface area contributed by atoms with Crippen molar-refractivity contribution in [3.63, 3.8) is 0 Å². The first kappa shape index (κ1) is 24.1. The number of thiazole rings is 1. The number of nitrogens with zero attached hydrogens (tertiary/aromatic N) is 4. The van der Waals surface area contributed by atoms with Crippen LogP contribution in [0.25, 0.3) is 4.96 Å². The molecular weight excluding hydrogens is 475 g/mol. The van der Waals surface area contributed by atoms with Gasteiger partial charge in [-0.25, -0.2) is 9.37 Å². The molecule has 0 amide bonds. The van der Waals surface area contributed by atoms with Gasteiger partial charge in [0, 0.05) is 48.7 Å². The Morgan fingerprint density at radius 1 is 1.19 bits per heavy atom. The highest BCUT2D eigenvalue weighted by Crippen LogP contribution is 2.39. The Morgan fingerprint density at radius 3 is 2.75 bits per heavy atom. The summed E-state index contributed by atoms with van der Waals surface area (Å²) in [5.74, 6) is 0.586. The van der Waals surface area contributed by atoms with Gasteiger partial charge in [-0.05, 0) is 61.9 Å². The summed E-state index contributed by atoms with van der Waals surface area (Å²) >= 11 is 1.67. The molecular formula is C28H35FN4O2S. The number of carbonyl (C=O) groups is 1. The van der Waals surface area contributed by atoms with Crippen molar-refractivity contribution >= 4 is 22.3 Å². The molecule has 192 valence electrons. The molecule has 6 nitrogen and oxygen atoms in total. The van der Waals surface area contributed by atoms with E-state index in [-0.39, 0.29) is 11.7 Å². The molecule has 3 aliphatic rings. The van der Waals surface area contributed by atoms with Gasteiger partial charge in [-0.15, -0.1) is 11.3 Å². The molecule has 2 saturated heterocycles. The quantitative estimate of drug-likeness (QED) is 0.458. The van der Waals surface area contributed by atoms with E-state index in [0.29, 0.717) is 24.3 Å². The Bertz CT molecular complexity index is 1200. The second-order valence-electron chi connectivity index (χ2n) is 11.1. The van der Waals surface area contributed by atoms with Gasteiger partial charge in [0.05, 0.1) is 6.20 Å². The maximum atomic E-state index is 14.2. The van der Waals surface area contributed by atoms with Crippen LogP contribution in [0.2, 0.25) is 0 Å². The highest BCUT2D eigenvalue weighted by atomic mass is 32.1. The molecule has 0 unspecified atom stereocenters. The first-order valence-electron chi connectivity index (χ1n) is 13.4. The molecule has 1 aliphatic carbocycles. The molecule has 6 rings (SSSR count). The summed E-state index contributed by atoms with van der Waals surface area (Å²) in [7, 11) is 0. The van der Waals surface area contributed by atoms with Gasteiger partial charge in [-0.3, -0.25) is 14.1 Å². The van der Waals surface area contributed by atoms with Crippen LogP contribution in [-0.2, 0) is 4.79 Å². The van der Waals surface area contributed by atoms with Crippen LogP contribution in [0.15, 0.2) is 42.0 Å². The fourth-order valence-corrected chi connectivity index (χ4v) is 7.40. The summed E-state index contributed by atoms with van der Waals surface area (Å²) in [5.41, 5.74) is 2.32. The van der Waals surface area contributed by atoms with Gasteiger partial charge < -0.3 is 10.0 Å². The minimum absolute atomic E-state index is 0.155. The fourth-order valence-electron chi connectivity index (χ4n) is 6.70. The molecule has 1 aromatic carbocycles. The number of carboxylic acid groups (broad SMARTS) is 1. The number of hydrogen-bond donors (Lipinski definition) is 1. The molecule has 2 aliphatic heterocycles. The average molecular weight is 511 g/mol. The van der Waals surface area contributed by atoms with Crippen molar-refractivity contribution in [1.82, 2.24) is 19.2 Å². The molecule has 3 aromatic rings. The standard InChI is InChI=1S/C28H35FN4O2S/c29-23-6-2-5-21(14-23)24-18-32(25(27(34)35)13-19-3-1-4-19)17-22(24)16-31-9-7-20(8-10-31)26-15-30-28-33(26)11-12-36-28/h2,5-6,11-12,14-15,19-20,22,24-25H,1,3-4,7-10,13,16-18H2,(H,34,35)/t22-,24+,25+/m0/s1. The van der Waals surface area contributed by atoms with E-state index >= 15 is 0 Å². The lowest BCUT2D eigenvalue weighted by atomic mass is 9.80. The van der Waals surface area contributed by atoms with Crippen molar-refractivity contribution in [3.8, 4) is 0 Å². The van der Waals surface area contributed by atoms with E-state index in [1.54, 1.807) is 23.5 Å². The van der Waals surface area contributed by atoms with Gasteiger partial charge in [-0.1, -0.05) is 31.4 Å². The Labute approximate surface area is 215 Å². The first-order chi connectivity index (χ1) is 17.5. The maximum Gasteiger partial charge on any atom is 0.320 e. The van der Waals surface area contributed by atoms with Crippen molar-refractivity contribution in [2.75, 3.05) is 32.7 Å². The Hall–Kier alpha value is -2.29. The third-order valence-corrected chi connectivity index (χ3v) is 9.70. The van der Waals surface area contributed by atoms with E-state index in [1.165, 1.54) is 18.2 Å². The summed E-state index contributed by atoms with van der Waals surface area (Å²) < 4.78 is 16.4. The number of fused-ring (bicyclic) bond motifs is 1. The van der Waals surface area contributed by atoms with Crippen LogP contribution in [-0.4, -0.2) is 69.0 Å². The molecule has 2 aromatic heterocycles. The lowest BCUT2D eigenvalue weighted by molar-refractivity contribution is -0.144. The molecule has 0 bridgehead atoms. The summed E-state index contributed by atoms with van der Waals surface area (Å²) in [6, 6.07) is 6.52. The number of piperidine rings is 1. The highest BCUT2D eigenvalue weighted by Gasteiger charge is 2.41. The first-order valence-corrected chi connectivity index (χ1v) is 14.3. The summed E-state index contributed by atoms with van der Waals surface area (Å²) in [4.78, 5) is 22.6. The van der Waals surface area contributed by atoms with Gasteiger partial charge >= 0.3 is 5.97 Å². The molecule has 3 atom stereocenters. The second-order valence-corrected chi connectivity index (χ2v) is 11.9. The van der Waals surface area contributed by atoms with E-state index in [1.807, 2.05) is 12.3 Å². The number of likely N-dealkylation sites (tertiary alicyclic amines) is 2. The smallest absolute Gasteiger partial charge is 0.320 e. The van der Waals surface area contributed by atoms with Crippen molar-refractivity contribution in [1.29, 1.82) is 0 Å². The number of benzene rings is 1. The number of hydrogen-bond acceptors (Lipinski definition) is 5. The summed E-state index contributed by atoms with van der Waals surface area (Å²) in [6.07, 6.45) is 10.6. The SMILES string of the molecule is O=C(O)[C@@H](CC1CCC1)N1C[C@H](CN2CCC(c3cnc4sccn34)CC2)[C@@H](c2cccc(F)c2)C1. The van der Waals surface area contributed by atoms with Crippen LogP contribution in [0.1, 0.15) is 61.6 Å². The third kappa shape index (κ3) is 4.83. The van der Waals surface area contributed by atoms with Gasteiger partial charge in [0.25, 0.3) is 0 Å². The summed E-state index contributed by atoms with van der Waals surface area (Å²) in [6.45, 7) is 4.45. The average Bonchev–Trinajstić information content (AvgIpc) is 3.55. The number of rotatable bonds is 8. The number of aliphatic carboxylic acids is 1. The second kappa shape index (κ2) is 10.2. The molecule has 36 heavy (non-hydrogen) atoms. The molecule has 0 spiro atoms. The molecule has 8 heteroatoms. The molecule has 4 heterocycles. The lowest BCUT2D eigenvalue weighted by Gasteiger charge is -2.35. The number of halogens is 1. The Balaban J connectivity index is 1.15. The number of aromatic nitrogens is 2. The molecule has 0 radical (unpaired) electrons. The van der Waals surface area contributed by atoms with Gasteiger partial charge in [-0.2, -0.15) is 0 Å². The monoisotopic (exact) mass is 510 g/mol.